The number of carboxylic acids is 1. The standard InChI is InChI=1S/C28H32ClN3O7/c1-27(2,3)38-25(35)32(26(36)39-28(4,5)6)23-19-10-9-18(14-16(19)12-13-30-23)31-22(24(33)34)17-8-11-20(29)21(15-17)37-7/h8-15,22,31H,1-7H3,(H,33,34). The Morgan fingerprint density at radius 3 is 2.10 bits per heavy atom. The molecule has 1 heterocycles. The zero-order chi connectivity index (χ0) is 29.1. The molecule has 0 saturated heterocycles. The molecule has 208 valence electrons. The van der Waals surface area contributed by atoms with Crippen LogP contribution in [0.15, 0.2) is 48.7 Å². The van der Waals surface area contributed by atoms with E-state index in [-0.39, 0.29) is 5.82 Å². The van der Waals surface area contributed by atoms with Gasteiger partial charge in [0.2, 0.25) is 0 Å². The second-order valence-electron chi connectivity index (χ2n) is 10.7. The van der Waals surface area contributed by atoms with E-state index < -0.39 is 35.4 Å². The molecule has 2 aromatic carbocycles. The molecule has 2 amide bonds. The smallest absolute Gasteiger partial charge is 0.425 e. The number of benzene rings is 2. The lowest BCUT2D eigenvalue weighted by Crippen LogP contribution is -2.44. The average Bonchev–Trinajstić information content (AvgIpc) is 2.80. The highest BCUT2D eigenvalue weighted by Crippen LogP contribution is 2.32. The monoisotopic (exact) mass is 557 g/mol. The molecule has 3 rings (SSSR count). The minimum atomic E-state index is -1.12. The predicted octanol–water partition coefficient (Wildman–Crippen LogP) is 6.81. The quantitative estimate of drug-likeness (QED) is 0.336. The summed E-state index contributed by atoms with van der Waals surface area (Å²) in [6.07, 6.45) is -0.454. The molecule has 0 aliphatic heterocycles. The summed E-state index contributed by atoms with van der Waals surface area (Å²) >= 11 is 6.09. The number of hydrogen-bond donors (Lipinski definition) is 2. The lowest BCUT2D eigenvalue weighted by atomic mass is 10.1. The number of nitrogens with one attached hydrogen (secondary N) is 1. The molecule has 0 aliphatic rings. The number of rotatable bonds is 6. The van der Waals surface area contributed by atoms with E-state index in [4.69, 9.17) is 25.8 Å². The molecule has 0 spiro atoms. The fraction of sp³-hybridized carbons (Fsp3) is 0.357. The number of halogens is 1. The Balaban J connectivity index is 2.03. The second kappa shape index (κ2) is 11.4. The number of pyridine rings is 1. The minimum absolute atomic E-state index is 0.0137. The zero-order valence-electron chi connectivity index (χ0n) is 22.9. The van der Waals surface area contributed by atoms with E-state index in [2.05, 4.69) is 10.3 Å². The Labute approximate surface area is 231 Å². The van der Waals surface area contributed by atoms with Gasteiger partial charge in [0.1, 0.15) is 17.0 Å². The lowest BCUT2D eigenvalue weighted by molar-refractivity contribution is -0.138. The van der Waals surface area contributed by atoms with Crippen LogP contribution < -0.4 is 15.0 Å². The van der Waals surface area contributed by atoms with Crippen molar-refractivity contribution in [2.24, 2.45) is 0 Å². The number of carbonyl (C=O) groups excluding carboxylic acids is 2. The average molecular weight is 558 g/mol. The fourth-order valence-corrected chi connectivity index (χ4v) is 3.80. The van der Waals surface area contributed by atoms with Gasteiger partial charge in [0, 0.05) is 17.3 Å². The summed E-state index contributed by atoms with van der Waals surface area (Å²) in [7, 11) is 1.45. The van der Waals surface area contributed by atoms with Crippen molar-refractivity contribution in [1.82, 2.24) is 4.98 Å². The Bertz CT molecular complexity index is 1370. The van der Waals surface area contributed by atoms with E-state index >= 15 is 0 Å². The van der Waals surface area contributed by atoms with Crippen molar-refractivity contribution in [3.05, 3.63) is 59.2 Å². The number of hydrogen-bond acceptors (Lipinski definition) is 8. The molecule has 1 unspecified atom stereocenters. The molecular formula is C28H32ClN3O7. The molecule has 2 N–H and O–H groups in total. The molecule has 0 fully saturated rings. The molecule has 39 heavy (non-hydrogen) atoms. The van der Waals surface area contributed by atoms with Crippen LogP contribution in [0, 0.1) is 0 Å². The maximum absolute atomic E-state index is 13.1. The van der Waals surface area contributed by atoms with Gasteiger partial charge in [-0.05, 0) is 88.9 Å². The van der Waals surface area contributed by atoms with Gasteiger partial charge in [-0.3, -0.25) is 0 Å². The number of fused-ring (bicyclic) bond motifs is 1. The molecule has 3 aromatic rings. The first-order valence-electron chi connectivity index (χ1n) is 12.1. The summed E-state index contributed by atoms with van der Waals surface area (Å²) in [4.78, 5) is 43.4. The number of methoxy groups -OCH3 is 1. The van der Waals surface area contributed by atoms with Gasteiger partial charge in [-0.15, -0.1) is 0 Å². The highest BCUT2D eigenvalue weighted by Gasteiger charge is 2.34. The van der Waals surface area contributed by atoms with Gasteiger partial charge in [0.15, 0.2) is 11.9 Å². The number of carboxylic acid groups (broad SMARTS) is 1. The summed E-state index contributed by atoms with van der Waals surface area (Å²) in [6, 6.07) is 10.2. The van der Waals surface area contributed by atoms with E-state index in [1.807, 2.05) is 0 Å². The number of nitrogens with zero attached hydrogens (tertiary/aromatic N) is 2. The van der Waals surface area contributed by atoms with Crippen LogP contribution in [0.1, 0.15) is 53.1 Å². The summed E-state index contributed by atoms with van der Waals surface area (Å²) in [6.45, 7) is 10.1. The summed E-state index contributed by atoms with van der Waals surface area (Å²) < 4.78 is 16.2. The molecule has 0 aliphatic carbocycles. The summed E-state index contributed by atoms with van der Waals surface area (Å²) in [5.41, 5.74) is -0.855. The molecule has 11 heteroatoms. The Morgan fingerprint density at radius 1 is 0.949 bits per heavy atom. The highest BCUT2D eigenvalue weighted by atomic mass is 35.5. The summed E-state index contributed by atoms with van der Waals surface area (Å²) in [5, 5.41) is 14.3. The third-order valence-electron chi connectivity index (χ3n) is 5.17. The van der Waals surface area contributed by atoms with Gasteiger partial charge in [-0.25, -0.2) is 19.4 Å². The number of carbonyl (C=O) groups is 3. The van der Waals surface area contributed by atoms with Crippen LogP contribution in [-0.4, -0.2) is 46.6 Å². The molecule has 1 aromatic heterocycles. The highest BCUT2D eigenvalue weighted by molar-refractivity contribution is 6.32. The Hall–Kier alpha value is -4.05. The first kappa shape index (κ1) is 29.5. The van der Waals surface area contributed by atoms with Gasteiger partial charge in [-0.2, -0.15) is 4.90 Å². The lowest BCUT2D eigenvalue weighted by Gasteiger charge is -2.28. The summed E-state index contributed by atoms with van der Waals surface area (Å²) in [5.74, 6) is -0.753. The van der Waals surface area contributed by atoms with Gasteiger partial charge >= 0.3 is 18.2 Å². The Morgan fingerprint density at radius 2 is 1.56 bits per heavy atom. The van der Waals surface area contributed by atoms with Crippen LogP contribution in [0.25, 0.3) is 10.8 Å². The Kier molecular flexibility index (Phi) is 8.60. The van der Waals surface area contributed by atoms with E-state index in [1.165, 1.54) is 13.3 Å². The number of aromatic nitrogens is 1. The molecule has 10 nitrogen and oxygen atoms in total. The van der Waals surface area contributed by atoms with Crippen LogP contribution in [-0.2, 0) is 14.3 Å². The maximum atomic E-state index is 13.1. The first-order valence-corrected chi connectivity index (χ1v) is 12.4. The van der Waals surface area contributed by atoms with Gasteiger partial charge < -0.3 is 24.6 Å². The van der Waals surface area contributed by atoms with Crippen molar-refractivity contribution in [2.75, 3.05) is 17.3 Å². The largest absolute Gasteiger partial charge is 0.495 e. The molecule has 0 radical (unpaired) electrons. The predicted molar refractivity (Wildman–Crippen MR) is 149 cm³/mol. The molecule has 0 bridgehead atoms. The number of anilines is 2. The number of amides is 2. The van der Waals surface area contributed by atoms with Gasteiger partial charge in [0.25, 0.3) is 0 Å². The molecular weight excluding hydrogens is 526 g/mol. The SMILES string of the molecule is COc1cc(C(Nc2ccc3c(N(C(=O)OC(C)(C)C)C(=O)OC(C)(C)C)nccc3c2)C(=O)O)ccc1Cl. The topological polar surface area (TPSA) is 127 Å². The number of aliphatic carboxylic acids is 1. The third-order valence-corrected chi connectivity index (χ3v) is 5.49. The van der Waals surface area contributed by atoms with Crippen molar-refractivity contribution >= 4 is 52.0 Å². The molecule has 1 atom stereocenters. The van der Waals surface area contributed by atoms with Crippen molar-refractivity contribution in [1.29, 1.82) is 0 Å². The maximum Gasteiger partial charge on any atom is 0.425 e. The zero-order valence-corrected chi connectivity index (χ0v) is 23.6. The van der Waals surface area contributed by atoms with E-state index in [0.29, 0.717) is 32.8 Å². The van der Waals surface area contributed by atoms with Crippen molar-refractivity contribution in [2.45, 2.75) is 58.8 Å². The van der Waals surface area contributed by atoms with Crippen LogP contribution in [0.3, 0.4) is 0 Å². The van der Waals surface area contributed by atoms with Crippen molar-refractivity contribution < 1.29 is 33.7 Å². The number of ether oxygens (including phenoxy) is 3. The first-order chi connectivity index (χ1) is 18.1. The van der Waals surface area contributed by atoms with E-state index in [9.17, 15) is 19.5 Å². The van der Waals surface area contributed by atoms with Gasteiger partial charge in [0.05, 0.1) is 12.1 Å². The van der Waals surface area contributed by atoms with E-state index in [1.54, 1.807) is 84.0 Å². The van der Waals surface area contributed by atoms with Crippen LogP contribution >= 0.6 is 11.6 Å². The fourth-order valence-electron chi connectivity index (χ4n) is 3.60. The second-order valence-corrected chi connectivity index (χ2v) is 11.1. The van der Waals surface area contributed by atoms with Crippen molar-refractivity contribution in [3.63, 3.8) is 0 Å². The van der Waals surface area contributed by atoms with Crippen molar-refractivity contribution in [3.8, 4) is 5.75 Å². The number of imide groups is 1. The van der Waals surface area contributed by atoms with Gasteiger partial charge in [-0.1, -0.05) is 17.7 Å². The van der Waals surface area contributed by atoms with Crippen LogP contribution in [0.4, 0.5) is 21.1 Å². The van der Waals surface area contributed by atoms with Crippen LogP contribution in [0.5, 0.6) is 5.75 Å². The molecule has 0 saturated carbocycles. The van der Waals surface area contributed by atoms with E-state index in [0.717, 1.165) is 4.90 Å². The normalized spacial score (nSPS) is 12.4. The van der Waals surface area contributed by atoms with Crippen LogP contribution in [0.2, 0.25) is 5.02 Å². The minimum Gasteiger partial charge on any atom is -0.495 e. The third kappa shape index (κ3) is 7.51.